The molecular formula is C12H16F2N2O2. The molecule has 0 aromatic heterocycles. The van der Waals surface area contributed by atoms with Crippen molar-refractivity contribution >= 4 is 5.91 Å². The van der Waals surface area contributed by atoms with Crippen molar-refractivity contribution in [3.8, 4) is 0 Å². The number of halogens is 2. The third-order valence-corrected chi connectivity index (χ3v) is 2.42. The Hall–Kier alpha value is -1.53. The Kier molecular flexibility index (Phi) is 5.67. The van der Waals surface area contributed by atoms with Gasteiger partial charge in [-0.1, -0.05) is 6.07 Å². The number of carbonyl (C=O) groups excluding carboxylic acids is 1. The van der Waals surface area contributed by atoms with Crippen LogP contribution in [0.4, 0.5) is 8.78 Å². The molecule has 0 aliphatic heterocycles. The Bertz CT molecular complexity index is 413. The van der Waals surface area contributed by atoms with Crippen molar-refractivity contribution in [2.24, 2.45) is 5.73 Å². The lowest BCUT2D eigenvalue weighted by molar-refractivity contribution is -0.122. The molecule has 1 aromatic carbocycles. The van der Waals surface area contributed by atoms with E-state index in [1.807, 2.05) is 0 Å². The van der Waals surface area contributed by atoms with Gasteiger partial charge in [0.05, 0.1) is 6.04 Å². The van der Waals surface area contributed by atoms with Crippen molar-refractivity contribution in [2.75, 3.05) is 13.7 Å². The molecule has 0 bridgehead atoms. The maximum Gasteiger partial charge on any atom is 0.237 e. The van der Waals surface area contributed by atoms with E-state index in [1.165, 1.54) is 13.2 Å². The normalized spacial score (nSPS) is 12.2. The highest BCUT2D eigenvalue weighted by Gasteiger charge is 2.12. The fourth-order valence-corrected chi connectivity index (χ4v) is 1.35. The van der Waals surface area contributed by atoms with E-state index < -0.39 is 17.7 Å². The number of methoxy groups -OCH3 is 1. The Balaban J connectivity index is 2.44. The lowest BCUT2D eigenvalue weighted by Crippen LogP contribution is -2.40. The molecule has 0 heterocycles. The van der Waals surface area contributed by atoms with Crippen molar-refractivity contribution in [2.45, 2.75) is 19.0 Å². The molecular weight excluding hydrogens is 242 g/mol. The van der Waals surface area contributed by atoms with E-state index in [2.05, 4.69) is 5.32 Å². The van der Waals surface area contributed by atoms with Gasteiger partial charge in [-0.25, -0.2) is 8.78 Å². The summed E-state index contributed by atoms with van der Waals surface area (Å²) >= 11 is 0. The predicted octanol–water partition coefficient (Wildman–Crippen LogP) is 0.945. The quantitative estimate of drug-likeness (QED) is 0.798. The van der Waals surface area contributed by atoms with E-state index in [1.54, 1.807) is 0 Å². The second kappa shape index (κ2) is 7.03. The van der Waals surface area contributed by atoms with Crippen molar-refractivity contribution in [3.05, 3.63) is 35.4 Å². The molecule has 1 atom stereocenters. The highest BCUT2D eigenvalue weighted by molar-refractivity contribution is 5.81. The summed E-state index contributed by atoms with van der Waals surface area (Å²) in [5, 5.41) is 2.55. The molecule has 0 saturated carbocycles. The maximum atomic E-state index is 12.9. The molecule has 1 rings (SSSR count). The molecule has 0 fully saturated rings. The Morgan fingerprint density at radius 2 is 2.17 bits per heavy atom. The number of carbonyl (C=O) groups is 1. The monoisotopic (exact) mass is 258 g/mol. The van der Waals surface area contributed by atoms with Crippen LogP contribution in [0.3, 0.4) is 0 Å². The molecule has 0 aliphatic carbocycles. The van der Waals surface area contributed by atoms with Gasteiger partial charge in [0.2, 0.25) is 5.91 Å². The van der Waals surface area contributed by atoms with Gasteiger partial charge in [-0.2, -0.15) is 0 Å². The number of nitrogens with one attached hydrogen (secondary N) is 1. The molecule has 0 saturated heterocycles. The van der Waals surface area contributed by atoms with Crippen LogP contribution in [0.2, 0.25) is 0 Å². The van der Waals surface area contributed by atoms with Crippen LogP contribution in [-0.2, 0) is 16.1 Å². The summed E-state index contributed by atoms with van der Waals surface area (Å²) in [6.45, 7) is 0.497. The standard InChI is InChI=1S/C12H16F2N2O2/c1-18-5-4-11(15)12(17)16-7-8-2-3-9(13)10(14)6-8/h2-3,6,11H,4-5,7,15H2,1H3,(H,16,17). The zero-order valence-electron chi connectivity index (χ0n) is 10.1. The molecule has 0 radical (unpaired) electrons. The second-order valence-corrected chi connectivity index (χ2v) is 3.85. The molecule has 100 valence electrons. The first-order chi connectivity index (χ1) is 8.54. The smallest absolute Gasteiger partial charge is 0.237 e. The third-order valence-electron chi connectivity index (χ3n) is 2.42. The van der Waals surface area contributed by atoms with Gasteiger partial charge in [0.1, 0.15) is 0 Å². The molecule has 0 aliphatic rings. The second-order valence-electron chi connectivity index (χ2n) is 3.85. The maximum absolute atomic E-state index is 12.9. The first-order valence-electron chi connectivity index (χ1n) is 5.50. The molecule has 4 nitrogen and oxygen atoms in total. The van der Waals surface area contributed by atoms with E-state index in [9.17, 15) is 13.6 Å². The summed E-state index contributed by atoms with van der Waals surface area (Å²) in [5.74, 6) is -2.20. The summed E-state index contributed by atoms with van der Waals surface area (Å²) in [4.78, 5) is 11.5. The van der Waals surface area contributed by atoms with Crippen LogP contribution in [0.15, 0.2) is 18.2 Å². The Labute approximate surface area is 104 Å². The van der Waals surface area contributed by atoms with Crippen LogP contribution >= 0.6 is 0 Å². The van der Waals surface area contributed by atoms with Gasteiger partial charge >= 0.3 is 0 Å². The molecule has 18 heavy (non-hydrogen) atoms. The minimum absolute atomic E-state index is 0.108. The van der Waals surface area contributed by atoms with Crippen LogP contribution in [-0.4, -0.2) is 25.7 Å². The van der Waals surface area contributed by atoms with Crippen LogP contribution in [0, 0.1) is 11.6 Å². The molecule has 3 N–H and O–H groups in total. The minimum Gasteiger partial charge on any atom is -0.385 e. The third kappa shape index (κ3) is 4.38. The number of hydrogen-bond donors (Lipinski definition) is 2. The van der Waals surface area contributed by atoms with Crippen LogP contribution in [0.1, 0.15) is 12.0 Å². The predicted molar refractivity (Wildman–Crippen MR) is 62.7 cm³/mol. The number of benzene rings is 1. The van der Waals surface area contributed by atoms with Gasteiger partial charge in [0, 0.05) is 20.3 Å². The van der Waals surface area contributed by atoms with Gasteiger partial charge in [-0.15, -0.1) is 0 Å². The van der Waals surface area contributed by atoms with Gasteiger partial charge in [-0.3, -0.25) is 4.79 Å². The molecule has 6 heteroatoms. The average molecular weight is 258 g/mol. The number of amides is 1. The van der Waals surface area contributed by atoms with Gasteiger partial charge < -0.3 is 15.8 Å². The fourth-order valence-electron chi connectivity index (χ4n) is 1.35. The van der Waals surface area contributed by atoms with Gasteiger partial charge in [0.15, 0.2) is 11.6 Å². The lowest BCUT2D eigenvalue weighted by Gasteiger charge is -2.11. The summed E-state index contributed by atoms with van der Waals surface area (Å²) < 4.78 is 30.4. The first-order valence-corrected chi connectivity index (χ1v) is 5.50. The number of ether oxygens (including phenoxy) is 1. The van der Waals surface area contributed by atoms with Crippen molar-refractivity contribution in [1.29, 1.82) is 0 Å². The molecule has 1 aromatic rings. The van der Waals surface area contributed by atoms with Crippen molar-refractivity contribution < 1.29 is 18.3 Å². The number of hydrogen-bond acceptors (Lipinski definition) is 3. The van der Waals surface area contributed by atoms with Crippen LogP contribution in [0.25, 0.3) is 0 Å². The van der Waals surface area contributed by atoms with Crippen molar-refractivity contribution in [3.63, 3.8) is 0 Å². The molecule has 1 amide bonds. The van der Waals surface area contributed by atoms with Gasteiger partial charge in [-0.05, 0) is 24.1 Å². The topological polar surface area (TPSA) is 64.3 Å². The first kappa shape index (κ1) is 14.5. The van der Waals surface area contributed by atoms with E-state index in [4.69, 9.17) is 10.5 Å². The summed E-state index contributed by atoms with van der Waals surface area (Å²) in [6.07, 6.45) is 0.403. The van der Waals surface area contributed by atoms with E-state index in [0.717, 1.165) is 12.1 Å². The lowest BCUT2D eigenvalue weighted by atomic mass is 10.2. The highest BCUT2D eigenvalue weighted by atomic mass is 19.2. The summed E-state index contributed by atoms with van der Waals surface area (Å²) in [5.41, 5.74) is 6.07. The highest BCUT2D eigenvalue weighted by Crippen LogP contribution is 2.08. The molecule has 1 unspecified atom stereocenters. The van der Waals surface area contributed by atoms with Gasteiger partial charge in [0.25, 0.3) is 0 Å². The van der Waals surface area contributed by atoms with Crippen LogP contribution in [0.5, 0.6) is 0 Å². The minimum atomic E-state index is -0.939. The number of nitrogens with two attached hydrogens (primary N) is 1. The Morgan fingerprint density at radius 1 is 1.44 bits per heavy atom. The van der Waals surface area contributed by atoms with E-state index >= 15 is 0 Å². The zero-order chi connectivity index (χ0) is 13.5. The summed E-state index contributed by atoms with van der Waals surface area (Å²) in [6, 6.07) is 2.78. The zero-order valence-corrected chi connectivity index (χ0v) is 10.1. The van der Waals surface area contributed by atoms with E-state index in [0.29, 0.717) is 18.6 Å². The fraction of sp³-hybridized carbons (Fsp3) is 0.417. The average Bonchev–Trinajstić information content (AvgIpc) is 2.36. The van der Waals surface area contributed by atoms with Crippen molar-refractivity contribution in [1.82, 2.24) is 5.32 Å². The summed E-state index contributed by atoms with van der Waals surface area (Å²) in [7, 11) is 1.52. The Morgan fingerprint density at radius 3 is 2.78 bits per heavy atom. The van der Waals surface area contributed by atoms with E-state index in [-0.39, 0.29) is 12.5 Å². The number of rotatable bonds is 6. The largest absolute Gasteiger partial charge is 0.385 e. The SMILES string of the molecule is COCCC(N)C(=O)NCc1ccc(F)c(F)c1. The van der Waals surface area contributed by atoms with Crippen LogP contribution < -0.4 is 11.1 Å². The molecule has 0 spiro atoms.